The minimum absolute atomic E-state index is 0.0198. The number of fused-ring (bicyclic) bond motifs is 1. The summed E-state index contributed by atoms with van der Waals surface area (Å²) >= 11 is 1.56. The molecule has 0 radical (unpaired) electrons. The zero-order valence-electron chi connectivity index (χ0n) is 18.6. The van der Waals surface area contributed by atoms with Gasteiger partial charge in [0.2, 0.25) is 5.91 Å². The molecule has 0 aliphatic rings. The molecule has 0 saturated heterocycles. The summed E-state index contributed by atoms with van der Waals surface area (Å²) in [6.07, 6.45) is 0.856. The highest BCUT2D eigenvalue weighted by atomic mass is 32.1. The summed E-state index contributed by atoms with van der Waals surface area (Å²) < 4.78 is 1.56. The Morgan fingerprint density at radius 3 is 2.34 bits per heavy atom. The molecule has 0 atom stereocenters. The highest BCUT2D eigenvalue weighted by Gasteiger charge is 2.22. The van der Waals surface area contributed by atoms with Gasteiger partial charge in [0.25, 0.3) is 5.56 Å². The number of anilines is 1. The lowest BCUT2D eigenvalue weighted by Crippen LogP contribution is -2.37. The maximum absolute atomic E-state index is 13.6. The van der Waals surface area contributed by atoms with Crippen molar-refractivity contribution >= 4 is 33.1 Å². The molecule has 2 aromatic carbocycles. The number of aromatic nitrogens is 2. The first-order valence-electron chi connectivity index (χ1n) is 10.9. The molecule has 2 aromatic heterocycles. The van der Waals surface area contributed by atoms with Crippen LogP contribution in [-0.4, -0.2) is 15.5 Å². The highest BCUT2D eigenvalue weighted by molar-refractivity contribution is 7.18. The molecule has 0 saturated carbocycles. The van der Waals surface area contributed by atoms with Crippen molar-refractivity contribution in [2.24, 2.45) is 0 Å². The van der Waals surface area contributed by atoms with Crippen molar-refractivity contribution in [3.05, 3.63) is 93.3 Å². The van der Waals surface area contributed by atoms with Gasteiger partial charge in [0.05, 0.1) is 11.9 Å². The molecule has 0 fully saturated rings. The molecule has 5 nitrogen and oxygen atoms in total. The number of carbonyl (C=O) groups excluding carboxylic acids is 1. The molecule has 4 rings (SSSR count). The van der Waals surface area contributed by atoms with E-state index in [1.54, 1.807) is 20.8 Å². The van der Waals surface area contributed by atoms with Crippen molar-refractivity contribution in [2.75, 3.05) is 4.90 Å². The molecule has 2 heterocycles. The van der Waals surface area contributed by atoms with Crippen LogP contribution in [0.4, 0.5) is 5.69 Å². The largest absolute Gasteiger partial charge is 0.306 e. The summed E-state index contributed by atoms with van der Waals surface area (Å²) in [4.78, 5) is 35.4. The van der Waals surface area contributed by atoms with E-state index in [0.717, 1.165) is 27.4 Å². The summed E-state index contributed by atoms with van der Waals surface area (Å²) in [5.74, 6) is 0.524. The Morgan fingerprint density at radius 1 is 1.06 bits per heavy atom. The Labute approximate surface area is 192 Å². The van der Waals surface area contributed by atoms with Gasteiger partial charge in [-0.05, 0) is 30.2 Å². The normalized spacial score (nSPS) is 11.2. The molecule has 6 heteroatoms. The van der Waals surface area contributed by atoms with Gasteiger partial charge < -0.3 is 4.90 Å². The number of nitrogens with zero attached hydrogens (tertiary/aromatic N) is 3. The molecule has 0 N–H and O–H groups in total. The minimum Gasteiger partial charge on any atom is -0.306 e. The van der Waals surface area contributed by atoms with Gasteiger partial charge in [-0.3, -0.25) is 14.2 Å². The molecule has 0 spiro atoms. The fourth-order valence-corrected chi connectivity index (χ4v) is 4.73. The highest BCUT2D eigenvalue weighted by Crippen LogP contribution is 2.24. The van der Waals surface area contributed by atoms with Crippen LogP contribution < -0.4 is 10.5 Å². The summed E-state index contributed by atoms with van der Waals surface area (Å²) in [7, 11) is 0. The van der Waals surface area contributed by atoms with E-state index < -0.39 is 0 Å². The standard InChI is InChI=1S/C26H27N3O2S/c1-4-21-15-22-25(32-21)27-24(18(2)3)29(26(22)31)17-23(30)28(20-13-9-6-10-14-20)16-19-11-7-5-8-12-19/h5-15,18H,4,16-17H2,1-3H3. The van der Waals surface area contributed by atoms with Gasteiger partial charge in [-0.15, -0.1) is 11.3 Å². The number of para-hydroxylation sites is 1. The number of amides is 1. The van der Waals surface area contributed by atoms with Gasteiger partial charge in [-0.1, -0.05) is 69.3 Å². The summed E-state index contributed by atoms with van der Waals surface area (Å²) in [6, 6.07) is 21.4. The van der Waals surface area contributed by atoms with Crippen LogP contribution in [0.2, 0.25) is 0 Å². The number of hydrogen-bond acceptors (Lipinski definition) is 4. The van der Waals surface area contributed by atoms with Crippen molar-refractivity contribution in [1.29, 1.82) is 0 Å². The van der Waals surface area contributed by atoms with E-state index >= 15 is 0 Å². The zero-order valence-corrected chi connectivity index (χ0v) is 19.4. The Bertz CT molecular complexity index is 1280. The van der Waals surface area contributed by atoms with E-state index in [1.165, 1.54) is 0 Å². The van der Waals surface area contributed by atoms with Crippen LogP contribution in [0.5, 0.6) is 0 Å². The molecule has 4 aromatic rings. The molecule has 0 bridgehead atoms. The Kier molecular flexibility index (Phi) is 6.51. The van der Waals surface area contributed by atoms with Gasteiger partial charge in [0, 0.05) is 16.5 Å². The lowest BCUT2D eigenvalue weighted by Gasteiger charge is -2.24. The first kappa shape index (κ1) is 22.0. The van der Waals surface area contributed by atoms with Crippen molar-refractivity contribution < 1.29 is 4.79 Å². The molecule has 32 heavy (non-hydrogen) atoms. The van der Waals surface area contributed by atoms with Gasteiger partial charge in [-0.25, -0.2) is 4.98 Å². The second-order valence-electron chi connectivity index (χ2n) is 8.10. The van der Waals surface area contributed by atoms with Crippen LogP contribution in [0.15, 0.2) is 71.5 Å². The van der Waals surface area contributed by atoms with E-state index in [4.69, 9.17) is 4.98 Å². The molecule has 164 valence electrons. The lowest BCUT2D eigenvalue weighted by atomic mass is 10.1. The second-order valence-corrected chi connectivity index (χ2v) is 9.22. The minimum atomic E-state index is -0.143. The molecular formula is C26H27N3O2S. The van der Waals surface area contributed by atoms with E-state index in [9.17, 15) is 9.59 Å². The molecule has 1 amide bonds. The molecule has 0 aliphatic carbocycles. The Hall–Kier alpha value is -3.25. The van der Waals surface area contributed by atoms with Gasteiger partial charge in [0.1, 0.15) is 17.2 Å². The topological polar surface area (TPSA) is 55.2 Å². The molecule has 0 aliphatic heterocycles. The van der Waals surface area contributed by atoms with E-state index in [2.05, 4.69) is 6.92 Å². The van der Waals surface area contributed by atoms with Crippen LogP contribution in [0, 0.1) is 0 Å². The molecular weight excluding hydrogens is 418 g/mol. The number of carbonyl (C=O) groups is 1. The van der Waals surface area contributed by atoms with Crippen LogP contribution in [0.3, 0.4) is 0 Å². The van der Waals surface area contributed by atoms with Crippen molar-refractivity contribution in [2.45, 2.75) is 46.2 Å². The van der Waals surface area contributed by atoms with Gasteiger partial charge in [0.15, 0.2) is 0 Å². The van der Waals surface area contributed by atoms with Gasteiger partial charge in [-0.2, -0.15) is 0 Å². The smallest absolute Gasteiger partial charge is 0.262 e. The second kappa shape index (κ2) is 9.49. The third-order valence-corrected chi connectivity index (χ3v) is 6.62. The third kappa shape index (κ3) is 4.50. The van der Waals surface area contributed by atoms with Crippen LogP contribution in [0.25, 0.3) is 10.2 Å². The third-order valence-electron chi connectivity index (χ3n) is 5.44. The molecule has 0 unspecified atom stereocenters. The van der Waals surface area contributed by atoms with Crippen molar-refractivity contribution in [3.8, 4) is 0 Å². The first-order chi connectivity index (χ1) is 15.5. The SMILES string of the molecule is CCc1cc2c(=O)n(CC(=O)N(Cc3ccccc3)c3ccccc3)c(C(C)C)nc2s1. The predicted octanol–water partition coefficient (Wildman–Crippen LogP) is 5.38. The van der Waals surface area contributed by atoms with E-state index in [-0.39, 0.29) is 23.9 Å². The predicted molar refractivity (Wildman–Crippen MR) is 131 cm³/mol. The van der Waals surface area contributed by atoms with Crippen LogP contribution in [0.1, 0.15) is 43.0 Å². The van der Waals surface area contributed by atoms with Crippen LogP contribution in [-0.2, 0) is 24.3 Å². The summed E-state index contributed by atoms with van der Waals surface area (Å²) in [6.45, 7) is 6.46. The first-order valence-corrected chi connectivity index (χ1v) is 11.7. The Balaban J connectivity index is 1.75. The van der Waals surface area contributed by atoms with E-state index in [1.807, 2.05) is 80.6 Å². The van der Waals surface area contributed by atoms with Crippen molar-refractivity contribution in [1.82, 2.24) is 9.55 Å². The average molecular weight is 446 g/mol. The summed E-state index contributed by atoms with van der Waals surface area (Å²) in [5.41, 5.74) is 1.69. The maximum atomic E-state index is 13.6. The number of thiophene rings is 1. The quantitative estimate of drug-likeness (QED) is 0.384. The number of benzene rings is 2. The van der Waals surface area contributed by atoms with Gasteiger partial charge >= 0.3 is 0 Å². The lowest BCUT2D eigenvalue weighted by molar-refractivity contribution is -0.119. The monoisotopic (exact) mass is 445 g/mol. The number of rotatable bonds is 7. The van der Waals surface area contributed by atoms with E-state index in [0.29, 0.717) is 17.8 Å². The zero-order chi connectivity index (χ0) is 22.7. The fourth-order valence-electron chi connectivity index (χ4n) is 3.77. The van der Waals surface area contributed by atoms with Crippen LogP contribution >= 0.6 is 11.3 Å². The summed E-state index contributed by atoms with van der Waals surface area (Å²) in [5, 5.41) is 0.596. The fraction of sp³-hybridized carbons (Fsp3) is 0.269. The maximum Gasteiger partial charge on any atom is 0.262 e. The Morgan fingerprint density at radius 2 is 1.72 bits per heavy atom. The van der Waals surface area contributed by atoms with Crippen molar-refractivity contribution in [3.63, 3.8) is 0 Å². The number of hydrogen-bond donors (Lipinski definition) is 0. The average Bonchev–Trinajstić information content (AvgIpc) is 3.24. The number of aryl methyl sites for hydroxylation is 1.